The molecule has 0 saturated carbocycles. The molecule has 2 aliphatic rings. The van der Waals surface area contributed by atoms with E-state index in [0.29, 0.717) is 17.7 Å². The molecule has 1 aromatic rings. The lowest BCUT2D eigenvalue weighted by molar-refractivity contribution is 0.0781. The third-order valence-electron chi connectivity index (χ3n) is 4.41. The number of nitrogens with two attached hydrogens (primary N) is 4. The molecule has 0 saturated heterocycles. The Hall–Kier alpha value is -2.80. The molecule has 0 radical (unpaired) electrons. The first-order chi connectivity index (χ1) is 10.9. The number of Topliss-reactive ketones (excluding diaryl/α,β-unsaturated/α-hetero) is 2. The SMILES string of the molecule is COCc1ccc2c(c1)C(=O)C1C(N)=C(N)C(N)=C(N)C1C2=O. The zero-order valence-corrected chi connectivity index (χ0v) is 12.6. The quantitative estimate of drug-likeness (QED) is 0.586. The van der Waals surface area contributed by atoms with Crippen LogP contribution in [0.3, 0.4) is 0 Å². The summed E-state index contributed by atoms with van der Waals surface area (Å²) in [5.41, 5.74) is 25.4. The molecule has 120 valence electrons. The molecule has 0 spiro atoms. The molecule has 7 nitrogen and oxygen atoms in total. The second-order valence-electron chi connectivity index (χ2n) is 5.73. The Morgan fingerprint density at radius 2 is 1.43 bits per heavy atom. The van der Waals surface area contributed by atoms with Crippen LogP contribution in [0.1, 0.15) is 26.3 Å². The van der Waals surface area contributed by atoms with Gasteiger partial charge in [-0.25, -0.2) is 0 Å². The Morgan fingerprint density at radius 1 is 0.913 bits per heavy atom. The van der Waals surface area contributed by atoms with Gasteiger partial charge in [-0.05, 0) is 11.6 Å². The van der Waals surface area contributed by atoms with Gasteiger partial charge in [0.2, 0.25) is 0 Å². The van der Waals surface area contributed by atoms with Crippen molar-refractivity contribution in [1.82, 2.24) is 0 Å². The Labute approximate surface area is 132 Å². The number of benzene rings is 1. The maximum Gasteiger partial charge on any atom is 0.173 e. The summed E-state index contributed by atoms with van der Waals surface area (Å²) in [6.07, 6.45) is 0. The lowest BCUT2D eigenvalue weighted by atomic mass is 9.68. The number of ketones is 2. The summed E-state index contributed by atoms with van der Waals surface area (Å²) in [4.78, 5) is 25.7. The van der Waals surface area contributed by atoms with E-state index in [1.54, 1.807) is 25.3 Å². The van der Waals surface area contributed by atoms with Crippen molar-refractivity contribution in [2.45, 2.75) is 6.61 Å². The van der Waals surface area contributed by atoms with Crippen LogP contribution in [0.4, 0.5) is 0 Å². The van der Waals surface area contributed by atoms with Crippen molar-refractivity contribution in [2.24, 2.45) is 34.8 Å². The average molecular weight is 314 g/mol. The predicted octanol–water partition coefficient (Wildman–Crippen LogP) is -0.284. The van der Waals surface area contributed by atoms with Crippen molar-refractivity contribution < 1.29 is 14.3 Å². The number of hydrogen-bond acceptors (Lipinski definition) is 7. The molecule has 8 N–H and O–H groups in total. The number of carbonyl (C=O) groups excluding carboxylic acids is 2. The molecule has 0 heterocycles. The highest BCUT2D eigenvalue weighted by atomic mass is 16.5. The number of fused-ring (bicyclic) bond motifs is 2. The van der Waals surface area contributed by atoms with Crippen LogP contribution in [0.2, 0.25) is 0 Å². The van der Waals surface area contributed by atoms with Crippen molar-refractivity contribution in [3.8, 4) is 0 Å². The standard InChI is InChI=1S/C16H18N4O3/c1-23-5-6-2-3-7-8(4-6)16(22)10-9(15(7)21)11(17)13(19)14(20)12(10)18/h2-4,9-10H,5,17-20H2,1H3. The van der Waals surface area contributed by atoms with Crippen LogP contribution in [-0.2, 0) is 11.3 Å². The second kappa shape index (κ2) is 5.13. The van der Waals surface area contributed by atoms with E-state index in [1.165, 1.54) is 0 Å². The number of hydrogen-bond donors (Lipinski definition) is 4. The van der Waals surface area contributed by atoms with E-state index >= 15 is 0 Å². The van der Waals surface area contributed by atoms with Gasteiger partial charge in [-0.1, -0.05) is 12.1 Å². The van der Waals surface area contributed by atoms with Crippen LogP contribution < -0.4 is 22.9 Å². The van der Waals surface area contributed by atoms with Crippen LogP contribution in [0.5, 0.6) is 0 Å². The number of rotatable bonds is 2. The molecule has 0 aliphatic heterocycles. The number of allylic oxidation sites excluding steroid dienone is 2. The van der Waals surface area contributed by atoms with Crippen LogP contribution in [0, 0.1) is 11.8 Å². The van der Waals surface area contributed by atoms with Crippen LogP contribution in [0.25, 0.3) is 0 Å². The van der Waals surface area contributed by atoms with Gasteiger partial charge in [-0.2, -0.15) is 0 Å². The zero-order chi connectivity index (χ0) is 16.9. The van der Waals surface area contributed by atoms with E-state index in [4.69, 9.17) is 27.7 Å². The maximum absolute atomic E-state index is 12.9. The van der Waals surface area contributed by atoms with E-state index in [9.17, 15) is 9.59 Å². The van der Waals surface area contributed by atoms with Gasteiger partial charge in [-0.3, -0.25) is 9.59 Å². The van der Waals surface area contributed by atoms with E-state index in [0.717, 1.165) is 5.56 Å². The molecule has 0 aromatic heterocycles. The van der Waals surface area contributed by atoms with Gasteiger partial charge in [0.1, 0.15) is 0 Å². The van der Waals surface area contributed by atoms with Crippen LogP contribution >= 0.6 is 0 Å². The summed E-state index contributed by atoms with van der Waals surface area (Å²) >= 11 is 0. The molecular weight excluding hydrogens is 296 g/mol. The van der Waals surface area contributed by atoms with E-state index in [1.807, 2.05) is 0 Å². The molecule has 23 heavy (non-hydrogen) atoms. The van der Waals surface area contributed by atoms with Crippen molar-refractivity contribution in [3.05, 3.63) is 57.7 Å². The Morgan fingerprint density at radius 3 is 1.96 bits per heavy atom. The average Bonchev–Trinajstić information content (AvgIpc) is 2.54. The third kappa shape index (κ3) is 2.01. The summed E-state index contributed by atoms with van der Waals surface area (Å²) < 4.78 is 5.06. The fraction of sp³-hybridized carbons (Fsp3) is 0.250. The van der Waals surface area contributed by atoms with Gasteiger partial charge in [0, 0.05) is 29.6 Å². The smallest absolute Gasteiger partial charge is 0.173 e. The largest absolute Gasteiger partial charge is 0.400 e. The lowest BCUT2D eigenvalue weighted by Crippen LogP contribution is -2.47. The van der Waals surface area contributed by atoms with Gasteiger partial charge in [0.25, 0.3) is 0 Å². The topological polar surface area (TPSA) is 147 Å². The van der Waals surface area contributed by atoms with E-state index in [2.05, 4.69) is 0 Å². The maximum atomic E-state index is 12.9. The monoisotopic (exact) mass is 314 g/mol. The van der Waals surface area contributed by atoms with Crippen LogP contribution in [0.15, 0.2) is 41.0 Å². The Bertz CT molecular complexity index is 795. The highest BCUT2D eigenvalue weighted by molar-refractivity contribution is 6.18. The molecule has 2 unspecified atom stereocenters. The molecule has 0 bridgehead atoms. The molecular formula is C16H18N4O3. The van der Waals surface area contributed by atoms with Gasteiger partial charge in [-0.15, -0.1) is 0 Å². The fourth-order valence-corrected chi connectivity index (χ4v) is 3.19. The number of methoxy groups -OCH3 is 1. The normalized spacial score (nSPS) is 23.9. The molecule has 0 amide bonds. The molecule has 7 heteroatoms. The van der Waals surface area contributed by atoms with Gasteiger partial charge < -0.3 is 27.7 Å². The molecule has 2 atom stereocenters. The van der Waals surface area contributed by atoms with Crippen LogP contribution in [-0.4, -0.2) is 18.7 Å². The fourth-order valence-electron chi connectivity index (χ4n) is 3.19. The third-order valence-corrected chi connectivity index (χ3v) is 4.41. The zero-order valence-electron chi connectivity index (χ0n) is 12.6. The Kier molecular flexibility index (Phi) is 3.37. The first kappa shape index (κ1) is 15.1. The van der Waals surface area contributed by atoms with Gasteiger partial charge >= 0.3 is 0 Å². The van der Waals surface area contributed by atoms with Crippen molar-refractivity contribution >= 4 is 11.6 Å². The van der Waals surface area contributed by atoms with Crippen molar-refractivity contribution in [1.29, 1.82) is 0 Å². The molecule has 2 aliphatic carbocycles. The van der Waals surface area contributed by atoms with Crippen molar-refractivity contribution in [2.75, 3.05) is 7.11 Å². The highest BCUT2D eigenvalue weighted by Gasteiger charge is 2.47. The lowest BCUT2D eigenvalue weighted by Gasteiger charge is -2.35. The van der Waals surface area contributed by atoms with E-state index in [-0.39, 0.29) is 34.4 Å². The first-order valence-electron chi connectivity index (χ1n) is 7.09. The molecule has 3 rings (SSSR count). The first-order valence-corrected chi connectivity index (χ1v) is 7.09. The van der Waals surface area contributed by atoms with Gasteiger partial charge in [0.15, 0.2) is 11.6 Å². The number of ether oxygens (including phenoxy) is 1. The highest BCUT2D eigenvalue weighted by Crippen LogP contribution is 2.40. The predicted molar refractivity (Wildman–Crippen MR) is 83.6 cm³/mol. The minimum Gasteiger partial charge on any atom is -0.400 e. The van der Waals surface area contributed by atoms with Crippen molar-refractivity contribution in [3.63, 3.8) is 0 Å². The summed E-state index contributed by atoms with van der Waals surface area (Å²) in [6.45, 7) is 0.339. The summed E-state index contributed by atoms with van der Waals surface area (Å²) in [6, 6.07) is 5.01. The minimum atomic E-state index is -0.903. The summed E-state index contributed by atoms with van der Waals surface area (Å²) in [5, 5.41) is 0. The molecule has 0 fully saturated rings. The second-order valence-corrected chi connectivity index (χ2v) is 5.73. The van der Waals surface area contributed by atoms with Gasteiger partial charge in [0.05, 0.1) is 29.8 Å². The summed E-state index contributed by atoms with van der Waals surface area (Å²) in [7, 11) is 1.55. The minimum absolute atomic E-state index is 0.0707. The molecule has 1 aromatic carbocycles. The summed E-state index contributed by atoms with van der Waals surface area (Å²) in [5.74, 6) is -2.35. The van der Waals surface area contributed by atoms with E-state index < -0.39 is 11.8 Å². The Balaban J connectivity index is 2.19. The number of carbonyl (C=O) groups is 2.